The molecule has 0 radical (unpaired) electrons. The molecule has 2 heteroatoms. The highest BCUT2D eigenvalue weighted by Crippen LogP contribution is 2.88. The summed E-state index contributed by atoms with van der Waals surface area (Å²) in [6.07, 6.45) is 15.1. The lowest BCUT2D eigenvalue weighted by atomic mass is 9.43. The van der Waals surface area contributed by atoms with Crippen molar-refractivity contribution < 1.29 is 9.53 Å². The molecule has 0 aromatic rings. The van der Waals surface area contributed by atoms with Crippen LogP contribution in [0.5, 0.6) is 0 Å². The van der Waals surface area contributed by atoms with E-state index in [2.05, 4.69) is 48.1 Å². The second-order valence-electron chi connectivity index (χ2n) is 14.6. The summed E-state index contributed by atoms with van der Waals surface area (Å²) < 4.78 is 5.80. The lowest BCUT2D eigenvalue weighted by Gasteiger charge is -2.62. The standard InChI is InChI=1S/C32H52O2/c1-20(2)21(3)9-10-22(4)25-13-15-30(8)28-12-11-26-23(5)27(34-24(6)33)14-16-31(26)19-32(28,31)18-17-29(25,30)7/h20,22-23,25-28H,3,9-19H2,1-2,4-8H3/t22-,23+,25-,26-,27-,28+,29-,30+,31-,32+/m1/s1. The maximum absolute atomic E-state index is 11.7. The number of ether oxygens (including phenoxy) is 1. The van der Waals surface area contributed by atoms with Gasteiger partial charge in [0, 0.05) is 6.92 Å². The smallest absolute Gasteiger partial charge is 0.302 e. The zero-order valence-electron chi connectivity index (χ0n) is 23.3. The second-order valence-corrected chi connectivity index (χ2v) is 14.6. The maximum atomic E-state index is 11.7. The SMILES string of the molecule is C=C(CC[C@@H](C)[C@H]1CC[C@@]2(C)[C@@H]3CC[C@@H]4[C@H](C)[C@H](OC(C)=O)CC[C@@]45C[C@@]35CC[C@]12C)C(C)C. The number of rotatable bonds is 6. The minimum Gasteiger partial charge on any atom is -0.462 e. The molecule has 0 bridgehead atoms. The number of carbonyl (C=O) groups excluding carboxylic acids is 1. The maximum Gasteiger partial charge on any atom is 0.302 e. The van der Waals surface area contributed by atoms with E-state index >= 15 is 0 Å². The van der Waals surface area contributed by atoms with E-state index in [1.807, 2.05) is 0 Å². The van der Waals surface area contributed by atoms with Crippen LogP contribution in [0.1, 0.15) is 119 Å². The first-order chi connectivity index (χ1) is 15.9. The van der Waals surface area contributed by atoms with Crippen LogP contribution >= 0.6 is 0 Å². The van der Waals surface area contributed by atoms with Crippen molar-refractivity contribution in [1.82, 2.24) is 0 Å². The van der Waals surface area contributed by atoms with Crippen LogP contribution in [-0.2, 0) is 9.53 Å². The van der Waals surface area contributed by atoms with Crippen molar-refractivity contribution >= 4 is 5.97 Å². The zero-order valence-corrected chi connectivity index (χ0v) is 23.3. The van der Waals surface area contributed by atoms with Gasteiger partial charge in [0.1, 0.15) is 6.10 Å². The molecule has 192 valence electrons. The molecule has 5 saturated carbocycles. The van der Waals surface area contributed by atoms with E-state index in [0.29, 0.717) is 33.5 Å². The summed E-state index contributed by atoms with van der Waals surface area (Å²) in [5.74, 6) is 4.43. The summed E-state index contributed by atoms with van der Waals surface area (Å²) in [4.78, 5) is 11.7. The molecular formula is C32H52O2. The zero-order chi connectivity index (χ0) is 24.7. The number of hydrogen-bond acceptors (Lipinski definition) is 2. The molecule has 2 nitrogen and oxygen atoms in total. The fourth-order valence-corrected chi connectivity index (χ4v) is 11.2. The molecule has 0 aliphatic heterocycles. The van der Waals surface area contributed by atoms with Crippen LogP contribution in [0.15, 0.2) is 12.2 Å². The predicted molar refractivity (Wildman–Crippen MR) is 140 cm³/mol. The Kier molecular flexibility index (Phi) is 5.93. The number of allylic oxidation sites excluding steroid dienone is 1. The van der Waals surface area contributed by atoms with E-state index in [1.165, 1.54) is 69.8 Å². The van der Waals surface area contributed by atoms with Gasteiger partial charge < -0.3 is 4.74 Å². The number of carbonyl (C=O) groups is 1. The summed E-state index contributed by atoms with van der Waals surface area (Å²) in [6.45, 7) is 21.0. The van der Waals surface area contributed by atoms with Crippen molar-refractivity contribution in [3.63, 3.8) is 0 Å². The van der Waals surface area contributed by atoms with Crippen molar-refractivity contribution in [1.29, 1.82) is 0 Å². The van der Waals surface area contributed by atoms with Gasteiger partial charge in [-0.1, -0.05) is 53.7 Å². The van der Waals surface area contributed by atoms with Crippen LogP contribution in [0.2, 0.25) is 0 Å². The highest BCUT2D eigenvalue weighted by Gasteiger charge is 2.81. The summed E-state index contributed by atoms with van der Waals surface area (Å²) in [6, 6.07) is 0. The Morgan fingerprint density at radius 1 is 0.971 bits per heavy atom. The average Bonchev–Trinajstić information content (AvgIpc) is 3.36. The first-order valence-corrected chi connectivity index (χ1v) is 14.8. The third-order valence-electron chi connectivity index (χ3n) is 13.4. The molecule has 0 amide bonds. The third kappa shape index (κ3) is 3.21. The molecule has 5 fully saturated rings. The minimum atomic E-state index is -0.0870. The summed E-state index contributed by atoms with van der Waals surface area (Å²) in [7, 11) is 0. The van der Waals surface area contributed by atoms with Gasteiger partial charge in [0.05, 0.1) is 0 Å². The average molecular weight is 469 g/mol. The molecule has 0 aromatic heterocycles. The monoisotopic (exact) mass is 468 g/mol. The molecule has 2 spiro atoms. The van der Waals surface area contributed by atoms with Gasteiger partial charge in [0.25, 0.3) is 0 Å². The molecule has 0 heterocycles. The van der Waals surface area contributed by atoms with Crippen molar-refractivity contribution in [2.75, 3.05) is 0 Å². The Morgan fingerprint density at radius 3 is 2.38 bits per heavy atom. The topological polar surface area (TPSA) is 26.3 Å². The number of hydrogen-bond donors (Lipinski definition) is 0. The molecule has 5 rings (SSSR count). The molecule has 0 aromatic carbocycles. The fraction of sp³-hybridized carbons (Fsp3) is 0.906. The Balaban J connectivity index is 1.35. The number of fused-ring (bicyclic) bond motifs is 2. The van der Waals surface area contributed by atoms with E-state index in [-0.39, 0.29) is 12.1 Å². The normalized spacial score (nSPS) is 49.9. The van der Waals surface area contributed by atoms with Gasteiger partial charge in [-0.15, -0.1) is 0 Å². The molecule has 5 aliphatic rings. The highest BCUT2D eigenvalue weighted by molar-refractivity contribution is 5.66. The summed E-state index contributed by atoms with van der Waals surface area (Å²) in [5, 5.41) is 0. The largest absolute Gasteiger partial charge is 0.462 e. The van der Waals surface area contributed by atoms with Crippen LogP contribution in [0.3, 0.4) is 0 Å². The van der Waals surface area contributed by atoms with Crippen LogP contribution in [0, 0.1) is 57.2 Å². The van der Waals surface area contributed by atoms with Gasteiger partial charge in [0.15, 0.2) is 0 Å². The van der Waals surface area contributed by atoms with Gasteiger partial charge in [-0.2, -0.15) is 0 Å². The summed E-state index contributed by atoms with van der Waals surface area (Å²) in [5.41, 5.74) is 3.61. The molecule has 34 heavy (non-hydrogen) atoms. The van der Waals surface area contributed by atoms with E-state index in [9.17, 15) is 4.79 Å². The molecule has 10 atom stereocenters. The molecule has 0 unspecified atom stereocenters. The predicted octanol–water partition coefficient (Wildman–Crippen LogP) is 8.60. The lowest BCUT2D eigenvalue weighted by molar-refractivity contribution is -0.165. The van der Waals surface area contributed by atoms with E-state index < -0.39 is 0 Å². The van der Waals surface area contributed by atoms with Gasteiger partial charge >= 0.3 is 5.97 Å². The van der Waals surface area contributed by atoms with Crippen LogP contribution in [0.25, 0.3) is 0 Å². The van der Waals surface area contributed by atoms with Crippen molar-refractivity contribution in [2.45, 2.75) is 125 Å². The van der Waals surface area contributed by atoms with Gasteiger partial charge in [-0.3, -0.25) is 4.79 Å². The quantitative estimate of drug-likeness (QED) is 0.288. The Labute approximate surface area is 210 Å². The number of esters is 1. The van der Waals surface area contributed by atoms with Crippen LogP contribution in [-0.4, -0.2) is 12.1 Å². The van der Waals surface area contributed by atoms with E-state index in [1.54, 1.807) is 6.92 Å². The van der Waals surface area contributed by atoms with E-state index in [4.69, 9.17) is 4.74 Å². The third-order valence-corrected chi connectivity index (χ3v) is 13.4. The summed E-state index contributed by atoms with van der Waals surface area (Å²) >= 11 is 0. The van der Waals surface area contributed by atoms with Gasteiger partial charge in [0.2, 0.25) is 0 Å². The highest BCUT2D eigenvalue weighted by atomic mass is 16.5. The van der Waals surface area contributed by atoms with Crippen molar-refractivity contribution in [2.24, 2.45) is 57.2 Å². The Bertz CT molecular complexity index is 844. The Morgan fingerprint density at radius 2 is 1.71 bits per heavy atom. The van der Waals surface area contributed by atoms with Crippen LogP contribution < -0.4 is 0 Å². The Hall–Kier alpha value is -0.790. The van der Waals surface area contributed by atoms with E-state index in [0.717, 1.165) is 30.1 Å². The lowest BCUT2D eigenvalue weighted by Crippen LogP contribution is -2.56. The molecule has 5 aliphatic carbocycles. The van der Waals surface area contributed by atoms with Crippen molar-refractivity contribution in [3.05, 3.63) is 12.2 Å². The van der Waals surface area contributed by atoms with Gasteiger partial charge in [-0.05, 0) is 128 Å². The molecule has 0 saturated heterocycles. The van der Waals surface area contributed by atoms with Crippen LogP contribution in [0.4, 0.5) is 0 Å². The van der Waals surface area contributed by atoms with Gasteiger partial charge in [-0.25, -0.2) is 0 Å². The first kappa shape index (κ1) is 24.9. The minimum absolute atomic E-state index is 0.0870. The fourth-order valence-electron chi connectivity index (χ4n) is 11.2. The molecule has 0 N–H and O–H groups in total. The van der Waals surface area contributed by atoms with Crippen molar-refractivity contribution in [3.8, 4) is 0 Å². The molecular weight excluding hydrogens is 416 g/mol. The first-order valence-electron chi connectivity index (χ1n) is 14.8. The second kappa shape index (κ2) is 8.11.